The second kappa shape index (κ2) is 9.15. The standard InChI is InChI=1S/C19H18N4O4S4/c20-12(24)4-3-9-7-30-16(21-9)11-8-31-18-14(17(26)23(18)15(11)19(27)28)22-13(25)6-10-2-1-5-29-10/h1-2,5,7,14,18H,3-4,6,8H2,(H2,20,24)(H,22,25)(H,27,28)/t14-,18-/m1/s1. The van der Waals surface area contributed by atoms with Crippen LogP contribution in [0.15, 0.2) is 28.6 Å². The zero-order valence-electron chi connectivity index (χ0n) is 16.1. The lowest BCUT2D eigenvalue weighted by molar-refractivity contribution is -0.146. The zero-order chi connectivity index (χ0) is 22.1. The molecule has 1 fully saturated rings. The molecule has 4 rings (SSSR count). The van der Waals surface area contributed by atoms with E-state index in [2.05, 4.69) is 22.9 Å². The van der Waals surface area contributed by atoms with E-state index in [1.165, 1.54) is 39.3 Å². The molecule has 162 valence electrons. The predicted octanol–water partition coefficient (Wildman–Crippen LogP) is 1.43. The number of carbonyl (C=O) groups is 4. The number of primary amides is 1. The Labute approximate surface area is 195 Å². The third-order valence-corrected chi connectivity index (χ3v) is 8.16. The van der Waals surface area contributed by atoms with Gasteiger partial charge < -0.3 is 11.1 Å². The number of fused-ring (bicyclic) bond motifs is 1. The van der Waals surface area contributed by atoms with Crippen LogP contribution < -0.4 is 11.1 Å². The van der Waals surface area contributed by atoms with Gasteiger partial charge in [0.1, 0.15) is 22.1 Å². The molecule has 2 aromatic heterocycles. The molecule has 2 aromatic rings. The third kappa shape index (κ3) is 4.56. The number of nitrogens with zero attached hydrogens (tertiary/aromatic N) is 2. The minimum Gasteiger partial charge on any atom is -0.370 e. The van der Waals surface area contributed by atoms with E-state index in [0.717, 1.165) is 4.88 Å². The van der Waals surface area contributed by atoms with E-state index in [9.17, 15) is 19.2 Å². The van der Waals surface area contributed by atoms with Gasteiger partial charge in [0.05, 0.1) is 12.1 Å². The van der Waals surface area contributed by atoms with Crippen molar-refractivity contribution in [3.05, 3.63) is 44.2 Å². The first-order valence-electron chi connectivity index (χ1n) is 9.31. The van der Waals surface area contributed by atoms with Crippen molar-refractivity contribution >= 4 is 75.5 Å². The van der Waals surface area contributed by atoms with E-state index >= 15 is 0 Å². The summed E-state index contributed by atoms with van der Waals surface area (Å²) in [6.07, 6.45) is 0.820. The molecule has 3 N–H and O–H groups in total. The van der Waals surface area contributed by atoms with E-state index in [1.54, 1.807) is 0 Å². The van der Waals surface area contributed by atoms with Crippen molar-refractivity contribution in [3.63, 3.8) is 0 Å². The molecule has 0 radical (unpaired) electrons. The highest BCUT2D eigenvalue weighted by molar-refractivity contribution is 8.00. The van der Waals surface area contributed by atoms with E-state index in [4.69, 9.17) is 5.73 Å². The summed E-state index contributed by atoms with van der Waals surface area (Å²) in [5.41, 5.74) is 6.73. The highest BCUT2D eigenvalue weighted by atomic mass is 32.2. The molecule has 0 aromatic carbocycles. The summed E-state index contributed by atoms with van der Waals surface area (Å²) in [7, 11) is 0. The summed E-state index contributed by atoms with van der Waals surface area (Å²) < 4.78 is 0. The van der Waals surface area contributed by atoms with Crippen LogP contribution in [-0.2, 0) is 32.0 Å². The molecule has 1 saturated heterocycles. The number of amides is 3. The van der Waals surface area contributed by atoms with Crippen LogP contribution in [0.5, 0.6) is 0 Å². The number of hydrogen-bond donors (Lipinski definition) is 3. The lowest BCUT2D eigenvalue weighted by Gasteiger charge is -2.49. The number of aryl methyl sites for hydroxylation is 1. The van der Waals surface area contributed by atoms with Crippen molar-refractivity contribution in [2.75, 3.05) is 5.75 Å². The number of nitrogens with one attached hydrogen (secondary N) is 1. The Morgan fingerprint density at radius 2 is 2.13 bits per heavy atom. The van der Waals surface area contributed by atoms with Crippen molar-refractivity contribution in [2.45, 2.75) is 30.7 Å². The Bertz CT molecular complexity index is 1080. The molecular formula is C19H18N4O4S4. The summed E-state index contributed by atoms with van der Waals surface area (Å²) in [5.74, 6) is -0.518. The number of carbonyl (C=O) groups excluding carboxylic acids is 4. The number of thiophene rings is 1. The topological polar surface area (TPSA) is 122 Å². The highest BCUT2D eigenvalue weighted by Gasteiger charge is 2.54. The number of thiol groups is 1. The number of nitrogens with two attached hydrogens (primary N) is 1. The molecule has 0 spiro atoms. The van der Waals surface area contributed by atoms with Crippen LogP contribution in [0.3, 0.4) is 0 Å². The summed E-state index contributed by atoms with van der Waals surface area (Å²) in [6.45, 7) is 0. The maximum Gasteiger partial charge on any atom is 0.253 e. The number of thioether (sulfide) groups is 1. The van der Waals surface area contributed by atoms with Crippen LogP contribution in [-0.4, -0.2) is 49.9 Å². The fourth-order valence-corrected chi connectivity index (χ4v) is 6.67. The van der Waals surface area contributed by atoms with Gasteiger partial charge in [-0.3, -0.25) is 24.1 Å². The van der Waals surface area contributed by atoms with Crippen LogP contribution in [0, 0.1) is 0 Å². The minimum absolute atomic E-state index is 0.189. The Hall–Kier alpha value is -2.15. The summed E-state index contributed by atoms with van der Waals surface area (Å²) >= 11 is 8.28. The van der Waals surface area contributed by atoms with Gasteiger partial charge >= 0.3 is 0 Å². The molecule has 31 heavy (non-hydrogen) atoms. The van der Waals surface area contributed by atoms with Gasteiger partial charge in [0.25, 0.3) is 5.91 Å². The van der Waals surface area contributed by atoms with Crippen molar-refractivity contribution in [2.24, 2.45) is 5.73 Å². The van der Waals surface area contributed by atoms with Gasteiger partial charge in [-0.05, 0) is 17.9 Å². The highest BCUT2D eigenvalue weighted by Crippen LogP contribution is 2.44. The van der Waals surface area contributed by atoms with Gasteiger partial charge in [0.15, 0.2) is 0 Å². The largest absolute Gasteiger partial charge is 0.370 e. The first-order chi connectivity index (χ1) is 14.8. The van der Waals surface area contributed by atoms with E-state index in [-0.39, 0.29) is 35.7 Å². The molecule has 0 bridgehead atoms. The second-order valence-corrected chi connectivity index (χ2v) is 10.4. The SMILES string of the molecule is NC(=O)CCc1csc(C2=C(C(=O)S)N3C(=O)[C@@H](NC(=O)Cc4cccs4)[C@H]3SC2)n1. The van der Waals surface area contributed by atoms with Gasteiger partial charge in [-0.25, -0.2) is 4.98 Å². The van der Waals surface area contributed by atoms with Crippen LogP contribution in [0.2, 0.25) is 0 Å². The van der Waals surface area contributed by atoms with Crippen LogP contribution in [0.4, 0.5) is 0 Å². The number of β-lactam (4-membered cyclic amide) rings is 1. The first kappa shape index (κ1) is 22.1. The van der Waals surface area contributed by atoms with Gasteiger partial charge in [-0.1, -0.05) is 18.7 Å². The Balaban J connectivity index is 1.50. The third-order valence-electron chi connectivity index (χ3n) is 4.84. The molecule has 12 heteroatoms. The normalized spacial score (nSPS) is 20.3. The van der Waals surface area contributed by atoms with Crippen molar-refractivity contribution in [1.82, 2.24) is 15.2 Å². The molecule has 2 aliphatic rings. The van der Waals surface area contributed by atoms with Crippen LogP contribution in [0.1, 0.15) is 22.0 Å². The molecule has 2 aliphatic heterocycles. The molecule has 2 atom stereocenters. The Morgan fingerprint density at radius 1 is 1.32 bits per heavy atom. The molecular weight excluding hydrogens is 477 g/mol. The predicted molar refractivity (Wildman–Crippen MR) is 124 cm³/mol. The summed E-state index contributed by atoms with van der Waals surface area (Å²) in [5, 5.41) is 6.23. The lowest BCUT2D eigenvalue weighted by Crippen LogP contribution is -2.70. The molecule has 0 unspecified atom stereocenters. The summed E-state index contributed by atoms with van der Waals surface area (Å²) in [4.78, 5) is 55.3. The minimum atomic E-state index is -0.677. The zero-order valence-corrected chi connectivity index (χ0v) is 19.4. The van der Waals surface area contributed by atoms with Crippen LogP contribution >= 0.6 is 47.1 Å². The lowest BCUT2D eigenvalue weighted by atomic mass is 10.0. The molecule has 0 aliphatic carbocycles. The van der Waals surface area contributed by atoms with E-state index in [1.807, 2.05) is 22.9 Å². The van der Waals surface area contributed by atoms with E-state index < -0.39 is 17.1 Å². The van der Waals surface area contributed by atoms with Gasteiger partial charge in [-0.2, -0.15) is 0 Å². The number of aromatic nitrogens is 1. The molecule has 4 heterocycles. The van der Waals surface area contributed by atoms with Crippen LogP contribution in [0.25, 0.3) is 5.57 Å². The fourth-order valence-electron chi connectivity index (χ4n) is 3.39. The maximum absolute atomic E-state index is 12.8. The maximum atomic E-state index is 12.8. The monoisotopic (exact) mass is 494 g/mol. The summed E-state index contributed by atoms with van der Waals surface area (Å²) in [6, 6.07) is 3.06. The number of thiazole rings is 1. The van der Waals surface area contributed by atoms with E-state index in [0.29, 0.717) is 28.4 Å². The smallest absolute Gasteiger partial charge is 0.253 e. The average molecular weight is 495 g/mol. The van der Waals surface area contributed by atoms with Gasteiger partial charge in [0, 0.05) is 28.0 Å². The van der Waals surface area contributed by atoms with Crippen molar-refractivity contribution in [1.29, 1.82) is 0 Å². The van der Waals surface area contributed by atoms with Gasteiger partial charge in [-0.15, -0.1) is 34.4 Å². The Morgan fingerprint density at radius 3 is 2.81 bits per heavy atom. The molecule has 0 saturated carbocycles. The quantitative estimate of drug-likeness (QED) is 0.377. The average Bonchev–Trinajstić information content (AvgIpc) is 3.41. The molecule has 8 nitrogen and oxygen atoms in total. The molecule has 3 amide bonds. The van der Waals surface area contributed by atoms with Gasteiger partial charge in [0.2, 0.25) is 16.9 Å². The fraction of sp³-hybridized carbons (Fsp3) is 0.316. The second-order valence-electron chi connectivity index (χ2n) is 6.95. The Kier molecular flexibility index (Phi) is 6.51. The van der Waals surface area contributed by atoms with Crippen molar-refractivity contribution in [3.8, 4) is 0 Å². The first-order valence-corrected chi connectivity index (χ1v) is 12.6. The number of rotatable bonds is 8. The number of hydrogen-bond acceptors (Lipinski definition) is 8. The van der Waals surface area contributed by atoms with Crippen molar-refractivity contribution < 1.29 is 19.2 Å².